The summed E-state index contributed by atoms with van der Waals surface area (Å²) in [5.41, 5.74) is 0.0834. The molecule has 0 spiro atoms. The number of phenolic OH excluding ortho intramolecular Hbond substituents is 1. The number of hydrogen-bond donors (Lipinski definition) is 2. The van der Waals surface area contributed by atoms with Crippen molar-refractivity contribution < 1.29 is 14.6 Å². The molecule has 2 rings (SSSR count). The van der Waals surface area contributed by atoms with Crippen molar-refractivity contribution in [2.75, 3.05) is 12.4 Å². The van der Waals surface area contributed by atoms with Crippen molar-refractivity contribution in [3.05, 3.63) is 32.7 Å². The van der Waals surface area contributed by atoms with E-state index in [1.165, 1.54) is 24.5 Å². The molecule has 2 aromatic rings. The number of aryl methyl sites for hydroxylation is 1. The second-order valence-electron chi connectivity index (χ2n) is 4.49. The van der Waals surface area contributed by atoms with Gasteiger partial charge in [0.25, 0.3) is 5.91 Å². The van der Waals surface area contributed by atoms with E-state index in [9.17, 15) is 15.2 Å². The van der Waals surface area contributed by atoms with Gasteiger partial charge in [-0.1, -0.05) is 34.2 Å². The molecule has 1 aromatic carbocycles. The Morgan fingerprint density at radius 3 is 2.88 bits per heavy atom. The van der Waals surface area contributed by atoms with Gasteiger partial charge >= 0.3 is 0 Å². The standard InChI is InChI=1S/C15H13BrN4O3S/c1-3-12-19-20-15(24-12)18-14(22)8(7-17)6-9-10(16)4-5-11(23-2)13(9)21/h4-6,21H,3H2,1-2H3,(H,18,20,22). The fourth-order valence-corrected chi connectivity index (χ4v) is 2.88. The number of halogens is 1. The molecule has 0 aliphatic carbocycles. The molecule has 0 saturated heterocycles. The molecule has 2 N–H and O–H groups in total. The van der Waals surface area contributed by atoms with Crippen molar-refractivity contribution >= 4 is 44.4 Å². The highest BCUT2D eigenvalue weighted by Gasteiger charge is 2.16. The molecule has 9 heteroatoms. The van der Waals surface area contributed by atoms with Gasteiger partial charge in [0.05, 0.1) is 7.11 Å². The summed E-state index contributed by atoms with van der Waals surface area (Å²) in [4.78, 5) is 12.2. The Kier molecular flexibility index (Phi) is 5.89. The summed E-state index contributed by atoms with van der Waals surface area (Å²) in [6.45, 7) is 1.93. The Labute approximate surface area is 150 Å². The molecule has 1 amide bonds. The van der Waals surface area contributed by atoms with E-state index in [2.05, 4.69) is 31.4 Å². The molecule has 0 aliphatic heterocycles. The lowest BCUT2D eigenvalue weighted by atomic mass is 10.1. The van der Waals surface area contributed by atoms with Gasteiger partial charge in [-0.3, -0.25) is 10.1 Å². The number of nitriles is 1. The third-order valence-corrected chi connectivity index (χ3v) is 4.66. The van der Waals surface area contributed by atoms with Crippen LogP contribution in [0.5, 0.6) is 11.5 Å². The van der Waals surface area contributed by atoms with Crippen LogP contribution in [0.15, 0.2) is 22.2 Å². The summed E-state index contributed by atoms with van der Waals surface area (Å²) < 4.78 is 5.55. The van der Waals surface area contributed by atoms with Gasteiger partial charge in [-0.05, 0) is 24.6 Å². The predicted octanol–water partition coefficient (Wildman–Crippen LogP) is 3.12. The van der Waals surface area contributed by atoms with Crippen LogP contribution in [0, 0.1) is 11.3 Å². The molecule has 0 unspecified atom stereocenters. The second kappa shape index (κ2) is 7.90. The number of carbonyl (C=O) groups excluding carboxylic acids is 1. The minimum atomic E-state index is -0.634. The summed E-state index contributed by atoms with van der Waals surface area (Å²) in [5, 5.41) is 30.8. The number of aromatic nitrogens is 2. The zero-order valence-corrected chi connectivity index (χ0v) is 15.2. The quantitative estimate of drug-likeness (QED) is 0.580. The van der Waals surface area contributed by atoms with Crippen LogP contribution in [0.2, 0.25) is 0 Å². The number of methoxy groups -OCH3 is 1. The van der Waals surface area contributed by atoms with Crippen molar-refractivity contribution in [3.63, 3.8) is 0 Å². The molecule has 1 heterocycles. The van der Waals surface area contributed by atoms with Gasteiger partial charge < -0.3 is 9.84 Å². The number of nitrogens with one attached hydrogen (secondary N) is 1. The van der Waals surface area contributed by atoms with E-state index in [-0.39, 0.29) is 22.6 Å². The van der Waals surface area contributed by atoms with E-state index in [0.717, 1.165) is 5.01 Å². The van der Waals surface area contributed by atoms with Crippen LogP contribution in [-0.2, 0) is 11.2 Å². The van der Waals surface area contributed by atoms with E-state index >= 15 is 0 Å². The average molecular weight is 409 g/mol. The normalized spacial score (nSPS) is 11.0. The Balaban J connectivity index is 2.32. The lowest BCUT2D eigenvalue weighted by Gasteiger charge is -2.08. The number of phenols is 1. The van der Waals surface area contributed by atoms with E-state index in [1.807, 2.05) is 13.0 Å². The van der Waals surface area contributed by atoms with Crippen LogP contribution in [-0.4, -0.2) is 28.3 Å². The van der Waals surface area contributed by atoms with Gasteiger partial charge in [0.15, 0.2) is 11.5 Å². The highest BCUT2D eigenvalue weighted by Crippen LogP contribution is 2.36. The first-order valence-corrected chi connectivity index (χ1v) is 8.42. The van der Waals surface area contributed by atoms with Gasteiger partial charge in [-0.15, -0.1) is 10.2 Å². The molecule has 24 heavy (non-hydrogen) atoms. The molecule has 1 aromatic heterocycles. The van der Waals surface area contributed by atoms with Crippen LogP contribution >= 0.6 is 27.3 Å². The van der Waals surface area contributed by atoms with Crippen LogP contribution in [0.3, 0.4) is 0 Å². The molecule has 0 fully saturated rings. The maximum Gasteiger partial charge on any atom is 0.268 e. The van der Waals surface area contributed by atoms with Crippen LogP contribution in [0.1, 0.15) is 17.5 Å². The first kappa shape index (κ1) is 17.9. The maximum atomic E-state index is 12.2. The smallest absolute Gasteiger partial charge is 0.268 e. The number of aromatic hydroxyl groups is 1. The SMILES string of the molecule is CCc1nnc(NC(=O)C(C#N)=Cc2c(Br)ccc(OC)c2O)s1. The Morgan fingerprint density at radius 1 is 1.54 bits per heavy atom. The summed E-state index contributed by atoms with van der Waals surface area (Å²) in [6.07, 6.45) is 1.98. The van der Waals surface area contributed by atoms with Crippen molar-refractivity contribution in [2.45, 2.75) is 13.3 Å². The van der Waals surface area contributed by atoms with Gasteiger partial charge in [0.1, 0.15) is 16.6 Å². The van der Waals surface area contributed by atoms with Gasteiger partial charge in [-0.2, -0.15) is 5.26 Å². The fraction of sp³-hybridized carbons (Fsp3) is 0.200. The molecule has 7 nitrogen and oxygen atoms in total. The minimum Gasteiger partial charge on any atom is -0.504 e. The third kappa shape index (κ3) is 3.90. The molecule has 124 valence electrons. The molecule has 0 bridgehead atoms. The van der Waals surface area contributed by atoms with E-state index < -0.39 is 5.91 Å². The average Bonchev–Trinajstić information content (AvgIpc) is 3.02. The van der Waals surface area contributed by atoms with Crippen molar-refractivity contribution in [1.82, 2.24) is 10.2 Å². The predicted molar refractivity (Wildman–Crippen MR) is 93.9 cm³/mol. The van der Waals surface area contributed by atoms with Crippen LogP contribution < -0.4 is 10.1 Å². The molecule has 0 atom stereocenters. The molecule has 0 saturated carbocycles. The van der Waals surface area contributed by atoms with Crippen LogP contribution in [0.25, 0.3) is 6.08 Å². The zero-order chi connectivity index (χ0) is 17.7. The third-order valence-electron chi connectivity index (χ3n) is 2.99. The largest absolute Gasteiger partial charge is 0.504 e. The number of hydrogen-bond acceptors (Lipinski definition) is 7. The summed E-state index contributed by atoms with van der Waals surface area (Å²) in [6, 6.07) is 5.03. The number of nitrogens with zero attached hydrogens (tertiary/aromatic N) is 3. The minimum absolute atomic E-state index is 0.170. The Hall–Kier alpha value is -2.44. The highest BCUT2D eigenvalue weighted by molar-refractivity contribution is 9.10. The molecule has 0 radical (unpaired) electrons. The lowest BCUT2D eigenvalue weighted by Crippen LogP contribution is -2.13. The van der Waals surface area contributed by atoms with E-state index in [0.29, 0.717) is 16.0 Å². The van der Waals surface area contributed by atoms with E-state index in [4.69, 9.17) is 4.74 Å². The lowest BCUT2D eigenvalue weighted by molar-refractivity contribution is -0.112. The number of ether oxygens (including phenoxy) is 1. The van der Waals surface area contributed by atoms with Crippen molar-refractivity contribution in [1.29, 1.82) is 5.26 Å². The summed E-state index contributed by atoms with van der Waals surface area (Å²) in [5.74, 6) is -0.569. The number of anilines is 1. The number of carbonyl (C=O) groups is 1. The van der Waals surface area contributed by atoms with Gasteiger partial charge in [0.2, 0.25) is 5.13 Å². The Morgan fingerprint density at radius 2 is 2.29 bits per heavy atom. The second-order valence-corrected chi connectivity index (χ2v) is 6.41. The number of rotatable bonds is 5. The zero-order valence-electron chi connectivity index (χ0n) is 12.8. The fourth-order valence-electron chi connectivity index (χ4n) is 1.77. The van der Waals surface area contributed by atoms with Crippen molar-refractivity contribution in [2.24, 2.45) is 0 Å². The van der Waals surface area contributed by atoms with E-state index in [1.54, 1.807) is 12.1 Å². The Bertz CT molecular complexity index is 842. The summed E-state index contributed by atoms with van der Waals surface area (Å²) >= 11 is 4.51. The highest BCUT2D eigenvalue weighted by atomic mass is 79.9. The topological polar surface area (TPSA) is 108 Å². The van der Waals surface area contributed by atoms with Gasteiger partial charge in [-0.25, -0.2) is 0 Å². The first-order chi connectivity index (χ1) is 11.5. The number of amides is 1. The first-order valence-electron chi connectivity index (χ1n) is 6.81. The monoisotopic (exact) mass is 408 g/mol. The van der Waals surface area contributed by atoms with Gasteiger partial charge in [0, 0.05) is 10.0 Å². The summed E-state index contributed by atoms with van der Waals surface area (Å²) in [7, 11) is 1.41. The van der Waals surface area contributed by atoms with Crippen LogP contribution in [0.4, 0.5) is 5.13 Å². The molecular weight excluding hydrogens is 396 g/mol. The maximum absolute atomic E-state index is 12.2. The number of benzene rings is 1. The molecule has 0 aliphatic rings. The van der Waals surface area contributed by atoms with Crippen molar-refractivity contribution in [3.8, 4) is 17.6 Å². The molecular formula is C15H13BrN4O3S.